The normalized spacial score (nSPS) is 24.0. The molecule has 7 nitrogen and oxygen atoms in total. The molecule has 1 saturated carbocycles. The zero-order valence-electron chi connectivity index (χ0n) is 17.3. The molecular weight excluding hydrogens is 372 g/mol. The molecule has 1 heterocycles. The van der Waals surface area contributed by atoms with Crippen LogP contribution in [0.25, 0.3) is 0 Å². The van der Waals surface area contributed by atoms with Gasteiger partial charge in [-0.15, -0.1) is 0 Å². The van der Waals surface area contributed by atoms with Crippen molar-refractivity contribution in [1.29, 1.82) is 0 Å². The third-order valence-corrected chi connectivity index (χ3v) is 5.22. The van der Waals surface area contributed by atoms with Crippen LogP contribution in [0.4, 0.5) is 4.79 Å². The Labute approximate surface area is 171 Å². The van der Waals surface area contributed by atoms with E-state index in [1.807, 2.05) is 56.0 Å². The first-order valence-corrected chi connectivity index (χ1v) is 10.2. The summed E-state index contributed by atoms with van der Waals surface area (Å²) in [7, 11) is 0. The predicted octanol–water partition coefficient (Wildman–Crippen LogP) is 3.02. The van der Waals surface area contributed by atoms with E-state index in [9.17, 15) is 14.4 Å². The summed E-state index contributed by atoms with van der Waals surface area (Å²) in [5, 5.41) is 2.78. The number of hydrogen-bond donors (Lipinski definition) is 1. The van der Waals surface area contributed by atoms with Crippen LogP contribution in [0.1, 0.15) is 52.0 Å². The van der Waals surface area contributed by atoms with Gasteiger partial charge in [0.1, 0.15) is 12.2 Å². The van der Waals surface area contributed by atoms with E-state index in [0.29, 0.717) is 13.0 Å². The summed E-state index contributed by atoms with van der Waals surface area (Å²) in [6.07, 6.45) is 1.77. The Morgan fingerprint density at radius 3 is 2.52 bits per heavy atom. The highest BCUT2D eigenvalue weighted by Crippen LogP contribution is 2.36. The molecule has 3 rings (SSSR count). The fraction of sp³-hybridized carbons (Fsp3) is 0.591. The summed E-state index contributed by atoms with van der Waals surface area (Å²) in [5.74, 6) is 0.110. The topological polar surface area (TPSA) is 84.9 Å². The van der Waals surface area contributed by atoms with E-state index in [-0.39, 0.29) is 42.9 Å². The molecule has 2 amide bonds. The van der Waals surface area contributed by atoms with Gasteiger partial charge in [-0.05, 0) is 45.1 Å². The van der Waals surface area contributed by atoms with Gasteiger partial charge in [0.05, 0.1) is 6.04 Å². The molecule has 1 atom stereocenters. The molecule has 0 spiro atoms. The highest BCUT2D eigenvalue weighted by molar-refractivity contribution is 5.81. The Kier molecular flexibility index (Phi) is 6.45. The average molecular weight is 402 g/mol. The van der Waals surface area contributed by atoms with Crippen LogP contribution in [0.2, 0.25) is 0 Å². The van der Waals surface area contributed by atoms with Gasteiger partial charge in [-0.3, -0.25) is 9.59 Å². The Morgan fingerprint density at radius 1 is 1.17 bits per heavy atom. The molecule has 158 valence electrons. The predicted molar refractivity (Wildman–Crippen MR) is 107 cm³/mol. The number of likely N-dealkylation sites (tertiary alicyclic amines) is 1. The zero-order chi connectivity index (χ0) is 21.0. The van der Waals surface area contributed by atoms with E-state index in [0.717, 1.165) is 18.4 Å². The number of nitrogens with zero attached hydrogens (tertiary/aromatic N) is 1. The van der Waals surface area contributed by atoms with E-state index < -0.39 is 11.7 Å². The van der Waals surface area contributed by atoms with Gasteiger partial charge in [-0.2, -0.15) is 0 Å². The van der Waals surface area contributed by atoms with Crippen molar-refractivity contribution in [3.8, 4) is 0 Å². The van der Waals surface area contributed by atoms with Crippen LogP contribution >= 0.6 is 0 Å². The monoisotopic (exact) mass is 402 g/mol. The van der Waals surface area contributed by atoms with Crippen molar-refractivity contribution in [1.82, 2.24) is 10.2 Å². The SMILES string of the molecule is CC(C)(C)OC(=O)CC1CC(N2CC(NC(=O)OCc3ccccc3)CC2=O)C1. The summed E-state index contributed by atoms with van der Waals surface area (Å²) in [4.78, 5) is 38.1. The molecule has 1 saturated heterocycles. The number of rotatable bonds is 6. The van der Waals surface area contributed by atoms with E-state index in [1.165, 1.54) is 0 Å². The number of alkyl carbamates (subject to hydrolysis) is 1. The second-order valence-electron chi connectivity index (χ2n) is 8.94. The minimum atomic E-state index is -0.509. The van der Waals surface area contributed by atoms with Crippen LogP contribution in [0.15, 0.2) is 30.3 Å². The molecule has 0 bridgehead atoms. The van der Waals surface area contributed by atoms with Crippen molar-refractivity contribution >= 4 is 18.0 Å². The zero-order valence-corrected chi connectivity index (χ0v) is 17.3. The number of nitrogens with one attached hydrogen (secondary N) is 1. The molecule has 7 heteroatoms. The highest BCUT2D eigenvalue weighted by atomic mass is 16.6. The third-order valence-electron chi connectivity index (χ3n) is 5.22. The number of carbonyl (C=O) groups is 3. The molecule has 0 aromatic heterocycles. The summed E-state index contributed by atoms with van der Waals surface area (Å²) in [6.45, 7) is 6.26. The third kappa shape index (κ3) is 6.21. The van der Waals surface area contributed by atoms with Crippen molar-refractivity contribution in [2.45, 2.75) is 70.7 Å². The molecule has 1 N–H and O–H groups in total. The molecule has 2 fully saturated rings. The number of hydrogen-bond acceptors (Lipinski definition) is 5. The lowest BCUT2D eigenvalue weighted by Crippen LogP contribution is -2.47. The van der Waals surface area contributed by atoms with Crippen LogP contribution in [0, 0.1) is 5.92 Å². The van der Waals surface area contributed by atoms with Gasteiger partial charge in [0.25, 0.3) is 0 Å². The molecule has 0 radical (unpaired) electrons. The van der Waals surface area contributed by atoms with Crippen molar-refractivity contribution < 1.29 is 23.9 Å². The van der Waals surface area contributed by atoms with Gasteiger partial charge in [0, 0.05) is 25.4 Å². The summed E-state index contributed by atoms with van der Waals surface area (Å²) >= 11 is 0. The van der Waals surface area contributed by atoms with Crippen LogP contribution < -0.4 is 5.32 Å². The number of ether oxygens (including phenoxy) is 2. The average Bonchev–Trinajstić information content (AvgIpc) is 2.95. The molecule has 1 unspecified atom stereocenters. The Balaban J connectivity index is 1.37. The minimum absolute atomic E-state index is 0.0408. The molecule has 1 aromatic carbocycles. The first-order valence-electron chi connectivity index (χ1n) is 10.2. The van der Waals surface area contributed by atoms with Gasteiger partial charge in [0.2, 0.25) is 5.91 Å². The quantitative estimate of drug-likeness (QED) is 0.740. The number of benzene rings is 1. The maximum atomic E-state index is 12.3. The van der Waals surface area contributed by atoms with E-state index in [2.05, 4.69) is 5.32 Å². The number of esters is 1. The van der Waals surface area contributed by atoms with E-state index >= 15 is 0 Å². The molecule has 29 heavy (non-hydrogen) atoms. The van der Waals surface area contributed by atoms with Gasteiger partial charge in [-0.1, -0.05) is 30.3 Å². The van der Waals surface area contributed by atoms with Gasteiger partial charge in [0.15, 0.2) is 0 Å². The maximum Gasteiger partial charge on any atom is 0.407 e. The first kappa shape index (κ1) is 21.1. The largest absolute Gasteiger partial charge is 0.460 e. The van der Waals surface area contributed by atoms with Crippen LogP contribution in [-0.4, -0.2) is 47.1 Å². The summed E-state index contributed by atoms with van der Waals surface area (Å²) in [5.41, 5.74) is 0.441. The van der Waals surface area contributed by atoms with Gasteiger partial charge >= 0.3 is 12.1 Å². The number of amides is 2. The lowest BCUT2D eigenvalue weighted by Gasteiger charge is -2.41. The summed E-state index contributed by atoms with van der Waals surface area (Å²) in [6, 6.07) is 9.35. The molecule has 1 aliphatic heterocycles. The van der Waals surface area contributed by atoms with Crippen LogP contribution in [0.5, 0.6) is 0 Å². The Morgan fingerprint density at radius 2 is 1.86 bits per heavy atom. The van der Waals surface area contributed by atoms with Gasteiger partial charge < -0.3 is 19.7 Å². The van der Waals surface area contributed by atoms with Crippen molar-refractivity contribution in [2.75, 3.05) is 6.54 Å². The smallest absolute Gasteiger partial charge is 0.407 e. The molecular formula is C22H30N2O5. The van der Waals surface area contributed by atoms with Crippen molar-refractivity contribution in [2.24, 2.45) is 5.92 Å². The second kappa shape index (κ2) is 8.84. The minimum Gasteiger partial charge on any atom is -0.460 e. The van der Waals surface area contributed by atoms with Crippen molar-refractivity contribution in [3.63, 3.8) is 0 Å². The standard InChI is InChI=1S/C22H30N2O5/c1-22(2,3)29-20(26)11-16-9-18(10-16)24-13-17(12-19(24)25)23-21(27)28-14-15-7-5-4-6-8-15/h4-8,16-18H,9-14H2,1-3H3,(H,23,27). The summed E-state index contributed by atoms with van der Waals surface area (Å²) < 4.78 is 10.6. The van der Waals surface area contributed by atoms with Gasteiger partial charge in [-0.25, -0.2) is 4.79 Å². The fourth-order valence-corrected chi connectivity index (χ4v) is 3.85. The fourth-order valence-electron chi connectivity index (χ4n) is 3.85. The second-order valence-corrected chi connectivity index (χ2v) is 8.94. The van der Waals surface area contributed by atoms with Crippen LogP contribution in [-0.2, 0) is 25.7 Å². The molecule has 1 aromatic rings. The lowest BCUT2D eigenvalue weighted by molar-refractivity contribution is -0.157. The Hall–Kier alpha value is -2.57. The number of carbonyl (C=O) groups excluding carboxylic acids is 3. The van der Waals surface area contributed by atoms with E-state index in [1.54, 1.807) is 0 Å². The lowest BCUT2D eigenvalue weighted by atomic mass is 9.77. The first-order chi connectivity index (χ1) is 13.7. The molecule has 1 aliphatic carbocycles. The van der Waals surface area contributed by atoms with Crippen LogP contribution in [0.3, 0.4) is 0 Å². The highest BCUT2D eigenvalue weighted by Gasteiger charge is 2.42. The van der Waals surface area contributed by atoms with E-state index in [4.69, 9.17) is 9.47 Å². The maximum absolute atomic E-state index is 12.3. The molecule has 2 aliphatic rings. The van der Waals surface area contributed by atoms with Crippen molar-refractivity contribution in [3.05, 3.63) is 35.9 Å². The Bertz CT molecular complexity index is 737.